The van der Waals surface area contributed by atoms with E-state index in [1.54, 1.807) is 6.07 Å². The zero-order valence-corrected chi connectivity index (χ0v) is 7.89. The van der Waals surface area contributed by atoms with Crippen LogP contribution in [0.25, 0.3) is 0 Å². The molecular formula is C9H10FN5. The molecule has 0 spiro atoms. The van der Waals surface area contributed by atoms with E-state index in [4.69, 9.17) is 5.73 Å². The Morgan fingerprint density at radius 3 is 3.00 bits per heavy atom. The van der Waals surface area contributed by atoms with Gasteiger partial charge >= 0.3 is 0 Å². The molecule has 5 nitrogen and oxygen atoms in total. The number of nitrogens with zero attached hydrogens (tertiary/aromatic N) is 3. The van der Waals surface area contributed by atoms with Crippen molar-refractivity contribution in [2.75, 3.05) is 0 Å². The van der Waals surface area contributed by atoms with Gasteiger partial charge in [0.2, 0.25) is 0 Å². The van der Waals surface area contributed by atoms with Gasteiger partial charge in [0.25, 0.3) is 0 Å². The molecule has 1 aromatic carbocycles. The van der Waals surface area contributed by atoms with Crippen LogP contribution in [0.15, 0.2) is 24.3 Å². The highest BCUT2D eigenvalue weighted by atomic mass is 19.1. The highest BCUT2D eigenvalue weighted by molar-refractivity contribution is 5.18. The molecule has 1 aromatic heterocycles. The molecule has 2 rings (SSSR count). The predicted octanol–water partition coefficient (Wildman–Crippen LogP) is 0.581. The number of nitrogens with one attached hydrogen (secondary N) is 1. The largest absolute Gasteiger partial charge is 0.321 e. The number of hydrogen-bond donors (Lipinski definition) is 2. The van der Waals surface area contributed by atoms with Crippen molar-refractivity contribution >= 4 is 0 Å². The van der Waals surface area contributed by atoms with Gasteiger partial charge in [-0.15, -0.1) is 10.2 Å². The summed E-state index contributed by atoms with van der Waals surface area (Å²) in [6.45, 7) is 0. The average Bonchev–Trinajstić information content (AvgIpc) is 2.70. The van der Waals surface area contributed by atoms with Gasteiger partial charge in [-0.2, -0.15) is 5.21 Å². The summed E-state index contributed by atoms with van der Waals surface area (Å²) < 4.78 is 12.9. The van der Waals surface area contributed by atoms with Gasteiger partial charge in [0, 0.05) is 0 Å². The Kier molecular flexibility index (Phi) is 2.68. The van der Waals surface area contributed by atoms with Crippen LogP contribution in [0.1, 0.15) is 17.4 Å². The van der Waals surface area contributed by atoms with Gasteiger partial charge in [-0.05, 0) is 24.1 Å². The first-order valence-corrected chi connectivity index (χ1v) is 4.49. The van der Waals surface area contributed by atoms with Crippen molar-refractivity contribution in [2.24, 2.45) is 5.73 Å². The maximum absolute atomic E-state index is 12.9. The number of nitrogens with two attached hydrogens (primary N) is 1. The van der Waals surface area contributed by atoms with E-state index in [1.807, 2.05) is 6.07 Å². The first-order chi connectivity index (χ1) is 7.25. The Bertz CT molecular complexity index is 428. The fourth-order valence-corrected chi connectivity index (χ4v) is 1.34. The quantitative estimate of drug-likeness (QED) is 0.771. The van der Waals surface area contributed by atoms with E-state index < -0.39 is 0 Å². The molecule has 0 unspecified atom stereocenters. The lowest BCUT2D eigenvalue weighted by Gasteiger charge is -2.06. The van der Waals surface area contributed by atoms with Crippen LogP contribution in [0, 0.1) is 5.82 Å². The third kappa shape index (κ3) is 2.35. The Morgan fingerprint density at radius 2 is 2.33 bits per heavy atom. The maximum atomic E-state index is 12.9. The molecule has 0 fully saturated rings. The molecule has 6 heteroatoms. The van der Waals surface area contributed by atoms with Gasteiger partial charge < -0.3 is 5.73 Å². The molecule has 0 saturated heterocycles. The number of benzene rings is 1. The topological polar surface area (TPSA) is 80.5 Å². The van der Waals surface area contributed by atoms with E-state index in [0.717, 1.165) is 5.56 Å². The highest BCUT2D eigenvalue weighted by Crippen LogP contribution is 2.12. The maximum Gasteiger partial charge on any atom is 0.191 e. The van der Waals surface area contributed by atoms with Crippen molar-refractivity contribution in [3.63, 3.8) is 0 Å². The molecule has 0 saturated carbocycles. The summed E-state index contributed by atoms with van der Waals surface area (Å²) in [5.41, 5.74) is 6.63. The third-order valence-corrected chi connectivity index (χ3v) is 2.04. The van der Waals surface area contributed by atoms with E-state index in [9.17, 15) is 4.39 Å². The number of aromatic nitrogens is 4. The molecule has 0 aliphatic rings. The van der Waals surface area contributed by atoms with Gasteiger partial charge in [0.15, 0.2) is 5.82 Å². The van der Waals surface area contributed by atoms with E-state index >= 15 is 0 Å². The normalized spacial score (nSPS) is 12.7. The van der Waals surface area contributed by atoms with Crippen LogP contribution >= 0.6 is 0 Å². The van der Waals surface area contributed by atoms with Crippen molar-refractivity contribution in [3.05, 3.63) is 41.5 Å². The second kappa shape index (κ2) is 4.14. The molecule has 3 N–H and O–H groups in total. The Labute approximate surface area is 85.5 Å². The van der Waals surface area contributed by atoms with Crippen LogP contribution in [0.3, 0.4) is 0 Å². The number of rotatable bonds is 3. The number of halogens is 1. The monoisotopic (exact) mass is 207 g/mol. The molecule has 15 heavy (non-hydrogen) atoms. The van der Waals surface area contributed by atoms with Crippen molar-refractivity contribution in [1.82, 2.24) is 20.6 Å². The average molecular weight is 207 g/mol. The summed E-state index contributed by atoms with van der Waals surface area (Å²) in [4.78, 5) is 0. The van der Waals surface area contributed by atoms with Crippen LogP contribution in [0.5, 0.6) is 0 Å². The van der Waals surface area contributed by atoms with E-state index in [2.05, 4.69) is 20.6 Å². The van der Waals surface area contributed by atoms with Gasteiger partial charge in [-0.25, -0.2) is 4.39 Å². The molecule has 0 aliphatic carbocycles. The summed E-state index contributed by atoms with van der Waals surface area (Å²) in [5.74, 6) is 0.159. The fraction of sp³-hybridized carbons (Fsp3) is 0.222. The second-order valence-electron chi connectivity index (χ2n) is 3.21. The number of H-pyrrole nitrogens is 1. The van der Waals surface area contributed by atoms with Gasteiger partial charge in [-0.3, -0.25) is 0 Å². The zero-order chi connectivity index (χ0) is 10.7. The molecular weight excluding hydrogens is 197 g/mol. The van der Waals surface area contributed by atoms with Crippen molar-refractivity contribution in [1.29, 1.82) is 0 Å². The molecule has 1 heterocycles. The second-order valence-corrected chi connectivity index (χ2v) is 3.21. The number of hydrogen-bond acceptors (Lipinski definition) is 4. The van der Waals surface area contributed by atoms with Gasteiger partial charge in [0.05, 0.1) is 6.04 Å². The van der Waals surface area contributed by atoms with Crippen LogP contribution < -0.4 is 5.73 Å². The van der Waals surface area contributed by atoms with E-state index in [-0.39, 0.29) is 11.9 Å². The zero-order valence-electron chi connectivity index (χ0n) is 7.89. The van der Waals surface area contributed by atoms with E-state index in [1.165, 1.54) is 12.1 Å². The van der Waals surface area contributed by atoms with Crippen LogP contribution in [0.4, 0.5) is 4.39 Å². The minimum Gasteiger partial charge on any atom is -0.321 e. The van der Waals surface area contributed by atoms with Gasteiger partial charge in [-0.1, -0.05) is 17.3 Å². The van der Waals surface area contributed by atoms with Crippen LogP contribution in [-0.2, 0) is 6.42 Å². The highest BCUT2D eigenvalue weighted by Gasteiger charge is 2.11. The fourth-order valence-electron chi connectivity index (χ4n) is 1.34. The first-order valence-electron chi connectivity index (χ1n) is 4.49. The minimum absolute atomic E-state index is 0.271. The van der Waals surface area contributed by atoms with Crippen molar-refractivity contribution in [2.45, 2.75) is 12.5 Å². The first kappa shape index (κ1) is 9.72. The standard InChI is InChI=1S/C9H10FN5/c10-7-3-1-2-6(4-7)5-8(11)9-12-14-15-13-9/h1-4,8H,5,11H2,(H,12,13,14,15)/t8-/m0/s1. The van der Waals surface area contributed by atoms with Gasteiger partial charge in [0.1, 0.15) is 5.82 Å². The smallest absolute Gasteiger partial charge is 0.191 e. The Morgan fingerprint density at radius 1 is 1.47 bits per heavy atom. The predicted molar refractivity (Wildman–Crippen MR) is 51.2 cm³/mol. The molecule has 1 atom stereocenters. The summed E-state index contributed by atoms with van der Waals surface area (Å²) in [6.07, 6.45) is 0.483. The Balaban J connectivity index is 2.09. The van der Waals surface area contributed by atoms with Crippen molar-refractivity contribution < 1.29 is 4.39 Å². The molecule has 78 valence electrons. The molecule has 0 amide bonds. The summed E-state index contributed by atoms with van der Waals surface area (Å²) in [7, 11) is 0. The third-order valence-electron chi connectivity index (χ3n) is 2.04. The summed E-state index contributed by atoms with van der Waals surface area (Å²) in [5, 5.41) is 13.3. The van der Waals surface area contributed by atoms with Crippen LogP contribution in [-0.4, -0.2) is 20.6 Å². The lowest BCUT2D eigenvalue weighted by atomic mass is 10.1. The minimum atomic E-state index is -0.370. The number of tetrazole rings is 1. The van der Waals surface area contributed by atoms with Crippen molar-refractivity contribution in [3.8, 4) is 0 Å². The molecule has 0 bridgehead atoms. The van der Waals surface area contributed by atoms with E-state index in [0.29, 0.717) is 12.2 Å². The lowest BCUT2D eigenvalue weighted by molar-refractivity contribution is 0.618. The molecule has 2 aromatic rings. The SMILES string of the molecule is N[C@@H](Cc1cccc(F)c1)c1nn[nH]n1. The summed E-state index contributed by atoms with van der Waals surface area (Å²) in [6, 6.07) is 5.92. The van der Waals surface area contributed by atoms with Crippen LogP contribution in [0.2, 0.25) is 0 Å². The Hall–Kier alpha value is -1.82. The molecule has 0 radical (unpaired) electrons. The number of aromatic amines is 1. The lowest BCUT2D eigenvalue weighted by Crippen LogP contribution is -2.15. The summed E-state index contributed by atoms with van der Waals surface area (Å²) >= 11 is 0. The molecule has 0 aliphatic heterocycles.